The maximum Gasteiger partial charge on any atom is 0.248 e. The first-order valence-corrected chi connectivity index (χ1v) is 7.08. The van der Waals surface area contributed by atoms with E-state index >= 15 is 0 Å². The van der Waals surface area contributed by atoms with Crippen molar-refractivity contribution in [2.45, 2.75) is 46.3 Å². The Labute approximate surface area is 120 Å². The van der Waals surface area contributed by atoms with E-state index < -0.39 is 5.72 Å². The number of aryl methyl sites for hydroxylation is 1. The lowest BCUT2D eigenvalue weighted by atomic mass is 9.95. The predicted molar refractivity (Wildman–Crippen MR) is 79.1 cm³/mol. The van der Waals surface area contributed by atoms with Crippen molar-refractivity contribution >= 4 is 11.6 Å². The molecule has 1 aromatic rings. The summed E-state index contributed by atoms with van der Waals surface area (Å²) in [6.45, 7) is 7.61. The van der Waals surface area contributed by atoms with Crippen molar-refractivity contribution in [3.63, 3.8) is 0 Å². The van der Waals surface area contributed by atoms with Crippen molar-refractivity contribution in [3.05, 3.63) is 35.4 Å². The number of aliphatic hydroxyl groups is 1. The van der Waals surface area contributed by atoms with E-state index in [1.54, 1.807) is 0 Å². The summed E-state index contributed by atoms with van der Waals surface area (Å²) in [4.78, 5) is 12.3. The van der Waals surface area contributed by atoms with E-state index in [0.29, 0.717) is 12.0 Å². The highest BCUT2D eigenvalue weighted by Crippen LogP contribution is 2.37. The number of carbonyl (C=O) groups is 1. The van der Waals surface area contributed by atoms with Gasteiger partial charge in [-0.3, -0.25) is 4.79 Å². The lowest BCUT2D eigenvalue weighted by Crippen LogP contribution is -2.45. The molecule has 0 saturated carbocycles. The number of nitrogens with zero attached hydrogens (tertiary/aromatic N) is 2. The molecule has 1 aromatic carbocycles. The minimum atomic E-state index is -1.35. The molecule has 1 atom stereocenters. The smallest absolute Gasteiger partial charge is 0.248 e. The maximum absolute atomic E-state index is 12.3. The largest absolute Gasteiger partial charge is 0.365 e. The highest BCUT2D eigenvalue weighted by Gasteiger charge is 2.45. The van der Waals surface area contributed by atoms with Gasteiger partial charge in [0.2, 0.25) is 5.91 Å². The Hall–Kier alpha value is -1.68. The third-order valence-corrected chi connectivity index (χ3v) is 3.67. The first-order valence-electron chi connectivity index (χ1n) is 7.08. The van der Waals surface area contributed by atoms with Gasteiger partial charge < -0.3 is 5.11 Å². The fourth-order valence-electron chi connectivity index (χ4n) is 2.34. The normalized spacial score (nSPS) is 22.3. The molecule has 0 radical (unpaired) electrons. The van der Waals surface area contributed by atoms with E-state index in [-0.39, 0.29) is 11.8 Å². The summed E-state index contributed by atoms with van der Waals surface area (Å²) in [6, 6.07) is 7.61. The van der Waals surface area contributed by atoms with Crippen LogP contribution in [0.25, 0.3) is 0 Å². The van der Waals surface area contributed by atoms with Crippen LogP contribution in [0.1, 0.15) is 44.7 Å². The molecular formula is C16H22N2O2. The molecule has 1 aliphatic rings. The van der Waals surface area contributed by atoms with E-state index in [4.69, 9.17) is 0 Å². The summed E-state index contributed by atoms with van der Waals surface area (Å²) >= 11 is 0. The topological polar surface area (TPSA) is 52.9 Å². The van der Waals surface area contributed by atoms with Crippen molar-refractivity contribution in [2.24, 2.45) is 11.0 Å². The second-order valence-corrected chi connectivity index (χ2v) is 5.68. The van der Waals surface area contributed by atoms with E-state index in [1.165, 1.54) is 5.01 Å². The third-order valence-electron chi connectivity index (χ3n) is 3.67. The molecule has 1 unspecified atom stereocenters. The zero-order valence-electron chi connectivity index (χ0n) is 12.6. The van der Waals surface area contributed by atoms with Crippen LogP contribution >= 0.6 is 0 Å². The average Bonchev–Trinajstić information content (AvgIpc) is 2.77. The van der Waals surface area contributed by atoms with Crippen molar-refractivity contribution in [3.8, 4) is 0 Å². The van der Waals surface area contributed by atoms with Gasteiger partial charge in [0.25, 0.3) is 0 Å². The van der Waals surface area contributed by atoms with Crippen LogP contribution in [0, 0.1) is 12.8 Å². The number of hydrogen-bond acceptors (Lipinski definition) is 3. The Morgan fingerprint density at radius 2 is 2.00 bits per heavy atom. The number of amides is 1. The van der Waals surface area contributed by atoms with Crippen LogP contribution in [0.2, 0.25) is 0 Å². The number of hydrogen-bond donors (Lipinski definition) is 1. The second-order valence-electron chi connectivity index (χ2n) is 5.68. The van der Waals surface area contributed by atoms with Gasteiger partial charge in [0.15, 0.2) is 5.72 Å². The number of carbonyl (C=O) groups excluding carboxylic acids is 1. The zero-order valence-corrected chi connectivity index (χ0v) is 12.6. The van der Waals surface area contributed by atoms with Gasteiger partial charge in [-0.1, -0.05) is 50.6 Å². The lowest BCUT2D eigenvalue weighted by molar-refractivity contribution is -0.161. The molecule has 1 aliphatic heterocycles. The van der Waals surface area contributed by atoms with E-state index in [1.807, 2.05) is 52.0 Å². The fraction of sp³-hybridized carbons (Fsp3) is 0.500. The Bertz CT molecular complexity index is 534. The second kappa shape index (κ2) is 5.37. The first kappa shape index (κ1) is 14.7. The van der Waals surface area contributed by atoms with Crippen LogP contribution < -0.4 is 0 Å². The van der Waals surface area contributed by atoms with E-state index in [0.717, 1.165) is 17.7 Å². The van der Waals surface area contributed by atoms with Crippen LogP contribution in [0.15, 0.2) is 29.4 Å². The van der Waals surface area contributed by atoms with Gasteiger partial charge in [-0.2, -0.15) is 10.1 Å². The summed E-state index contributed by atoms with van der Waals surface area (Å²) in [5.41, 5.74) is 1.33. The van der Waals surface area contributed by atoms with Crippen LogP contribution in [-0.4, -0.2) is 21.7 Å². The molecule has 20 heavy (non-hydrogen) atoms. The Kier molecular flexibility index (Phi) is 3.95. The van der Waals surface area contributed by atoms with E-state index in [2.05, 4.69) is 5.10 Å². The van der Waals surface area contributed by atoms with Gasteiger partial charge in [0, 0.05) is 23.6 Å². The van der Waals surface area contributed by atoms with Gasteiger partial charge in [-0.05, 0) is 13.3 Å². The predicted octanol–water partition coefficient (Wildman–Crippen LogP) is 2.79. The molecule has 108 valence electrons. The highest BCUT2D eigenvalue weighted by molar-refractivity contribution is 5.91. The van der Waals surface area contributed by atoms with Gasteiger partial charge in [0.1, 0.15) is 0 Å². The minimum absolute atomic E-state index is 0.156. The summed E-state index contributed by atoms with van der Waals surface area (Å²) in [7, 11) is 0. The molecule has 0 bridgehead atoms. The van der Waals surface area contributed by atoms with Gasteiger partial charge >= 0.3 is 0 Å². The quantitative estimate of drug-likeness (QED) is 0.921. The molecule has 2 rings (SSSR count). The molecule has 1 heterocycles. The molecule has 0 fully saturated rings. The van der Waals surface area contributed by atoms with Crippen molar-refractivity contribution < 1.29 is 9.90 Å². The molecule has 0 aromatic heterocycles. The monoisotopic (exact) mass is 274 g/mol. The van der Waals surface area contributed by atoms with Crippen LogP contribution in [-0.2, 0) is 10.5 Å². The lowest BCUT2D eigenvalue weighted by Gasteiger charge is -2.32. The maximum atomic E-state index is 12.3. The van der Waals surface area contributed by atoms with Crippen molar-refractivity contribution in [1.82, 2.24) is 5.01 Å². The zero-order chi connectivity index (χ0) is 14.9. The SMILES string of the molecule is CCC1=NN(C(=O)C(C)C)C(O)(c2ccc(C)cc2)C1. The highest BCUT2D eigenvalue weighted by atomic mass is 16.3. The van der Waals surface area contributed by atoms with E-state index in [9.17, 15) is 9.90 Å². The number of benzene rings is 1. The molecule has 0 saturated heterocycles. The molecule has 1 amide bonds. The Balaban J connectivity index is 2.42. The molecule has 0 aliphatic carbocycles. The summed E-state index contributed by atoms with van der Waals surface area (Å²) in [5, 5.41) is 16.6. The van der Waals surface area contributed by atoms with Gasteiger partial charge in [0.05, 0.1) is 0 Å². The van der Waals surface area contributed by atoms with Gasteiger partial charge in [-0.25, -0.2) is 0 Å². The summed E-state index contributed by atoms with van der Waals surface area (Å²) in [5.74, 6) is -0.358. The molecular weight excluding hydrogens is 252 g/mol. The summed E-state index contributed by atoms with van der Waals surface area (Å²) in [6.07, 6.45) is 1.11. The number of hydrazone groups is 1. The molecule has 0 spiro atoms. The molecule has 1 N–H and O–H groups in total. The fourth-order valence-corrected chi connectivity index (χ4v) is 2.34. The van der Waals surface area contributed by atoms with Crippen LogP contribution in [0.3, 0.4) is 0 Å². The molecule has 4 nitrogen and oxygen atoms in total. The number of rotatable bonds is 3. The van der Waals surface area contributed by atoms with Crippen molar-refractivity contribution in [2.75, 3.05) is 0 Å². The van der Waals surface area contributed by atoms with Crippen LogP contribution in [0.4, 0.5) is 0 Å². The molecule has 4 heteroatoms. The van der Waals surface area contributed by atoms with Gasteiger partial charge in [-0.15, -0.1) is 0 Å². The van der Waals surface area contributed by atoms with Crippen molar-refractivity contribution in [1.29, 1.82) is 0 Å². The first-order chi connectivity index (χ1) is 9.38. The summed E-state index contributed by atoms with van der Waals surface area (Å²) < 4.78 is 0. The Morgan fingerprint density at radius 1 is 1.40 bits per heavy atom. The minimum Gasteiger partial charge on any atom is -0.365 e. The van der Waals surface area contributed by atoms with Crippen LogP contribution in [0.5, 0.6) is 0 Å². The third kappa shape index (κ3) is 2.48. The standard InChI is InChI=1S/C16H22N2O2/c1-5-14-10-16(20,13-8-6-12(4)7-9-13)18(17-14)15(19)11(2)3/h6-9,11,20H,5,10H2,1-4H3. The average molecular weight is 274 g/mol. The Morgan fingerprint density at radius 3 is 2.50 bits per heavy atom.